The highest BCUT2D eigenvalue weighted by molar-refractivity contribution is 8.09. The van der Waals surface area contributed by atoms with Crippen molar-refractivity contribution < 1.29 is 37.0 Å². The Morgan fingerprint density at radius 3 is 2.17 bits per heavy atom. The van der Waals surface area contributed by atoms with Gasteiger partial charge in [0.15, 0.2) is 12.2 Å². The molecule has 3 N–H and O–H groups in total. The number of hydrogen-bond donors (Lipinski definition) is 3. The Kier molecular flexibility index (Phi) is 9.28. The normalized spacial score (nSPS) is 25.2. The average Bonchev–Trinajstić information content (AvgIpc) is 3.24. The van der Waals surface area contributed by atoms with Crippen LogP contribution in [0.25, 0.3) is 4.91 Å². The lowest BCUT2D eigenvalue weighted by Crippen LogP contribution is -2.45. The number of nitrogens with zero attached hydrogens (tertiary/aromatic N) is 1. The molecule has 1 unspecified atom stereocenters. The number of nitrogens with one attached hydrogen (secondary N) is 3. The summed E-state index contributed by atoms with van der Waals surface area (Å²) in [5, 5.41) is 5.76. The second-order valence-electron chi connectivity index (χ2n) is 12.2. The molecular weight excluding hydrogens is 584 g/mol. The van der Waals surface area contributed by atoms with E-state index >= 15 is 0 Å². The molecule has 1 aliphatic carbocycles. The number of rotatable bonds is 8. The van der Waals surface area contributed by atoms with Gasteiger partial charge in [-0.15, -0.1) is 0 Å². The van der Waals surface area contributed by atoms with E-state index in [0.29, 0.717) is 43.6 Å². The lowest BCUT2D eigenvalue weighted by Gasteiger charge is -2.35. The van der Waals surface area contributed by atoms with Crippen molar-refractivity contribution in [3.05, 3.63) is 30.0 Å². The second-order valence-corrected chi connectivity index (χ2v) is 15.1. The number of thioether (sulfide) groups is 1. The Morgan fingerprint density at radius 2 is 1.60 bits per heavy atom. The van der Waals surface area contributed by atoms with Crippen LogP contribution >= 0.6 is 11.8 Å². The molecule has 1 saturated carbocycles. The molecule has 4 aliphatic rings. The van der Waals surface area contributed by atoms with Gasteiger partial charge in [-0.2, -0.15) is 0 Å². The Labute approximate surface area is 251 Å². The third-order valence-corrected chi connectivity index (χ3v) is 10.8. The summed E-state index contributed by atoms with van der Waals surface area (Å²) in [6.45, 7) is 6.96. The third kappa shape index (κ3) is 7.70. The highest BCUT2D eigenvalue weighted by atomic mass is 32.2. The molecule has 1 atom stereocenters. The highest BCUT2D eigenvalue weighted by Crippen LogP contribution is 2.47. The first-order valence-electron chi connectivity index (χ1n) is 14.3. The quantitative estimate of drug-likeness (QED) is 0.392. The molecule has 0 spiro atoms. The van der Waals surface area contributed by atoms with Crippen LogP contribution in [0.1, 0.15) is 52.0 Å². The molecule has 12 nitrogen and oxygen atoms in total. The Morgan fingerprint density at radius 1 is 0.976 bits per heavy atom. The number of anilines is 1. The monoisotopic (exact) mass is 624 g/mol. The van der Waals surface area contributed by atoms with Gasteiger partial charge >= 0.3 is 12.2 Å². The molecule has 232 valence electrons. The van der Waals surface area contributed by atoms with Crippen molar-refractivity contribution in [2.24, 2.45) is 5.92 Å². The van der Waals surface area contributed by atoms with Gasteiger partial charge in [-0.1, -0.05) is 17.8 Å². The molecule has 3 aliphatic heterocycles. The first kappa shape index (κ1) is 30.9. The number of hydrogen-bond acceptors (Lipinski definition) is 10. The van der Waals surface area contributed by atoms with Crippen LogP contribution in [-0.2, 0) is 29.0 Å². The Bertz CT molecular complexity index is 1300. The highest BCUT2D eigenvalue weighted by Gasteiger charge is 2.37. The van der Waals surface area contributed by atoms with E-state index in [2.05, 4.69) is 20.3 Å². The Hall–Kier alpha value is -2.52. The van der Waals surface area contributed by atoms with E-state index in [1.54, 1.807) is 44.7 Å². The fourth-order valence-electron chi connectivity index (χ4n) is 5.31. The standard InChI is InChI=1S/C28H40N4O8S2/c1-28(2,3)31-42(35,36)24-11-19(30-27(34)40-21-15-38-16-21)9-10-22(24)23-12-32(4)25(41-23)17-5-7-18(8-6-17)29-26(33)39-20-13-37-14-20/h9-12,17-18,20-21,25,31H,5-8,13-16H2,1-4H3,(H,29,33)(H,30,34). The first-order valence-corrected chi connectivity index (χ1v) is 16.6. The van der Waals surface area contributed by atoms with Crippen LogP contribution in [0.2, 0.25) is 0 Å². The van der Waals surface area contributed by atoms with Crippen LogP contribution in [0, 0.1) is 5.92 Å². The molecule has 0 aromatic heterocycles. The zero-order chi connectivity index (χ0) is 30.1. The van der Waals surface area contributed by atoms with Gasteiger partial charge < -0.3 is 29.2 Å². The van der Waals surface area contributed by atoms with E-state index in [1.165, 1.54) is 6.07 Å². The number of ether oxygens (including phenoxy) is 4. The molecule has 42 heavy (non-hydrogen) atoms. The fraction of sp³-hybridized carbons (Fsp3) is 0.643. The summed E-state index contributed by atoms with van der Waals surface area (Å²) in [5.74, 6) is 0.363. The van der Waals surface area contributed by atoms with Gasteiger partial charge in [0.1, 0.15) is 0 Å². The van der Waals surface area contributed by atoms with Crippen molar-refractivity contribution >= 4 is 44.6 Å². The molecule has 2 amide bonds. The summed E-state index contributed by atoms with van der Waals surface area (Å²) in [6.07, 6.45) is 4.03. The molecule has 3 heterocycles. The maximum atomic E-state index is 13.6. The number of benzene rings is 1. The summed E-state index contributed by atoms with van der Waals surface area (Å²) in [6, 6.07) is 4.96. The van der Waals surface area contributed by atoms with Crippen LogP contribution in [0.15, 0.2) is 29.3 Å². The predicted molar refractivity (Wildman–Crippen MR) is 158 cm³/mol. The van der Waals surface area contributed by atoms with E-state index in [9.17, 15) is 18.0 Å². The van der Waals surface area contributed by atoms with Crippen molar-refractivity contribution in [3.63, 3.8) is 0 Å². The minimum Gasteiger partial charge on any atom is -0.441 e. The molecule has 1 aromatic carbocycles. The minimum absolute atomic E-state index is 0.0719. The molecule has 1 aromatic rings. The predicted octanol–water partition coefficient (Wildman–Crippen LogP) is 3.70. The van der Waals surface area contributed by atoms with Gasteiger partial charge in [0.2, 0.25) is 10.0 Å². The van der Waals surface area contributed by atoms with Crippen LogP contribution in [0.4, 0.5) is 15.3 Å². The SMILES string of the molecule is CN1C=C(c2ccc(NC(=O)OC3COC3)cc2S(=O)(=O)NC(C)(C)C)SC1C1CCC(NC(=O)OC2COC2)CC1. The molecule has 0 bridgehead atoms. The maximum Gasteiger partial charge on any atom is 0.412 e. The fourth-order valence-corrected chi connectivity index (χ4v) is 8.53. The van der Waals surface area contributed by atoms with E-state index < -0.39 is 21.7 Å². The number of sulfonamides is 1. The molecule has 0 radical (unpaired) electrons. The summed E-state index contributed by atoms with van der Waals surface area (Å²) in [7, 11) is -1.94. The number of carbonyl (C=O) groups excluding carboxylic acids is 2. The van der Waals surface area contributed by atoms with Crippen LogP contribution in [0.5, 0.6) is 0 Å². The van der Waals surface area contributed by atoms with Crippen molar-refractivity contribution in [3.8, 4) is 0 Å². The summed E-state index contributed by atoms with van der Waals surface area (Å²) in [5.41, 5.74) is 0.181. The number of carbonyl (C=O) groups is 2. The van der Waals surface area contributed by atoms with Gasteiger partial charge in [0.25, 0.3) is 0 Å². The lowest BCUT2D eigenvalue weighted by atomic mass is 9.85. The smallest absolute Gasteiger partial charge is 0.412 e. The molecule has 5 rings (SSSR count). The number of amides is 2. The Balaban J connectivity index is 1.26. The minimum atomic E-state index is -3.94. The zero-order valence-corrected chi connectivity index (χ0v) is 26.0. The van der Waals surface area contributed by atoms with Gasteiger partial charge in [-0.3, -0.25) is 5.32 Å². The molecule has 3 fully saturated rings. The number of alkyl carbamates (subject to hydrolysis) is 1. The van der Waals surface area contributed by atoms with Gasteiger partial charge in [-0.05, 0) is 64.5 Å². The summed E-state index contributed by atoms with van der Waals surface area (Å²) < 4.78 is 50.6. The lowest BCUT2D eigenvalue weighted by molar-refractivity contribution is -0.0985. The van der Waals surface area contributed by atoms with Gasteiger partial charge in [0.05, 0.1) is 36.7 Å². The van der Waals surface area contributed by atoms with Gasteiger partial charge in [-0.25, -0.2) is 22.7 Å². The van der Waals surface area contributed by atoms with Gasteiger partial charge in [0, 0.05) is 41.0 Å². The molecule has 2 saturated heterocycles. The van der Waals surface area contributed by atoms with Crippen LogP contribution in [-0.4, -0.2) is 88.1 Å². The van der Waals surface area contributed by atoms with Crippen molar-refractivity contribution in [1.82, 2.24) is 14.9 Å². The largest absolute Gasteiger partial charge is 0.441 e. The van der Waals surface area contributed by atoms with E-state index in [1.807, 2.05) is 13.2 Å². The zero-order valence-electron chi connectivity index (χ0n) is 24.4. The molecule has 14 heteroatoms. The van der Waals surface area contributed by atoms with Crippen LogP contribution < -0.4 is 15.4 Å². The topological polar surface area (TPSA) is 145 Å². The summed E-state index contributed by atoms with van der Waals surface area (Å²) >= 11 is 1.64. The van der Waals surface area contributed by atoms with E-state index in [-0.39, 0.29) is 34.6 Å². The van der Waals surface area contributed by atoms with Crippen molar-refractivity contribution in [2.45, 2.75) is 80.5 Å². The average molecular weight is 625 g/mol. The van der Waals surface area contributed by atoms with E-state index in [0.717, 1.165) is 30.6 Å². The van der Waals surface area contributed by atoms with Crippen LogP contribution in [0.3, 0.4) is 0 Å². The first-order chi connectivity index (χ1) is 19.9. The maximum absolute atomic E-state index is 13.6. The van der Waals surface area contributed by atoms with Crippen molar-refractivity contribution in [2.75, 3.05) is 38.8 Å². The summed E-state index contributed by atoms with van der Waals surface area (Å²) in [4.78, 5) is 27.6. The molecular formula is C28H40N4O8S2. The third-order valence-electron chi connectivity index (χ3n) is 7.45. The van der Waals surface area contributed by atoms with E-state index in [4.69, 9.17) is 18.9 Å². The van der Waals surface area contributed by atoms with Crippen molar-refractivity contribution in [1.29, 1.82) is 0 Å². The second kappa shape index (κ2) is 12.6.